The molecule has 2 amide bonds. The summed E-state index contributed by atoms with van der Waals surface area (Å²) in [7, 11) is 1.24. The van der Waals surface area contributed by atoms with Gasteiger partial charge in [0.25, 0.3) is 5.91 Å². The third kappa shape index (κ3) is 4.25. The maximum Gasteiger partial charge on any atom is 0.421 e. The number of anilines is 1. The molecule has 1 heterocycles. The summed E-state index contributed by atoms with van der Waals surface area (Å²) in [4.78, 5) is 30.7. The second kappa shape index (κ2) is 8.71. The normalized spacial score (nSPS) is 10.6. The average Bonchev–Trinajstić information content (AvgIpc) is 3.22. The first-order valence-corrected chi connectivity index (χ1v) is 9.62. The van der Waals surface area contributed by atoms with E-state index in [-0.39, 0.29) is 6.61 Å². The van der Waals surface area contributed by atoms with Gasteiger partial charge in [-0.2, -0.15) is 0 Å². The molecule has 0 unspecified atom stereocenters. The quantitative estimate of drug-likeness (QED) is 0.449. The van der Waals surface area contributed by atoms with Gasteiger partial charge in [-0.25, -0.2) is 14.7 Å². The van der Waals surface area contributed by atoms with E-state index < -0.39 is 12.0 Å². The number of rotatable bonds is 5. The molecule has 0 N–H and O–H groups in total. The van der Waals surface area contributed by atoms with Crippen LogP contribution in [0.4, 0.5) is 10.5 Å². The molecule has 0 saturated carbocycles. The van der Waals surface area contributed by atoms with Crippen molar-refractivity contribution >= 4 is 28.8 Å². The summed E-state index contributed by atoms with van der Waals surface area (Å²) in [6, 6.07) is 21.1. The third-order valence-electron chi connectivity index (χ3n) is 4.72. The molecule has 0 saturated heterocycles. The zero-order valence-electron chi connectivity index (χ0n) is 17.1. The number of fused-ring (bicyclic) bond motifs is 1. The van der Waals surface area contributed by atoms with E-state index in [4.69, 9.17) is 13.9 Å². The molecule has 0 spiro atoms. The number of hydrogen-bond acceptors (Lipinski definition) is 6. The van der Waals surface area contributed by atoms with Crippen molar-refractivity contribution in [3.8, 4) is 5.75 Å². The van der Waals surface area contributed by atoms with Crippen LogP contribution >= 0.6 is 0 Å². The van der Waals surface area contributed by atoms with Crippen molar-refractivity contribution in [3.05, 3.63) is 89.8 Å². The van der Waals surface area contributed by atoms with Crippen LogP contribution in [0.15, 0.2) is 77.2 Å². The Morgan fingerprint density at radius 1 is 0.968 bits per heavy atom. The van der Waals surface area contributed by atoms with Crippen molar-refractivity contribution in [1.29, 1.82) is 0 Å². The standard InChI is InChI=1S/C24H20N2O5/c1-16-7-3-5-9-20(16)26(24(28)29-2)23(27)17-11-13-18(14-12-17)30-15-22-25-19-8-4-6-10-21(19)31-22/h3-14H,15H2,1-2H3. The lowest BCUT2D eigenvalue weighted by molar-refractivity contribution is 0.0975. The number of imide groups is 1. The minimum absolute atomic E-state index is 0.152. The number of benzene rings is 3. The predicted octanol–water partition coefficient (Wildman–Crippen LogP) is 5.13. The first-order chi connectivity index (χ1) is 15.1. The number of carbonyl (C=O) groups is 2. The van der Waals surface area contributed by atoms with Crippen LogP contribution in [0.2, 0.25) is 0 Å². The Labute approximate surface area is 178 Å². The van der Waals surface area contributed by atoms with Crippen LogP contribution in [-0.4, -0.2) is 24.1 Å². The number of hydrogen-bond donors (Lipinski definition) is 0. The van der Waals surface area contributed by atoms with Gasteiger partial charge in [-0.1, -0.05) is 30.3 Å². The van der Waals surface area contributed by atoms with Crippen LogP contribution in [0.5, 0.6) is 5.75 Å². The smallest absolute Gasteiger partial charge is 0.421 e. The van der Waals surface area contributed by atoms with Crippen molar-refractivity contribution in [3.63, 3.8) is 0 Å². The maximum atomic E-state index is 13.0. The van der Waals surface area contributed by atoms with Gasteiger partial charge < -0.3 is 13.9 Å². The van der Waals surface area contributed by atoms with Crippen LogP contribution < -0.4 is 9.64 Å². The van der Waals surface area contributed by atoms with E-state index in [0.717, 1.165) is 16.0 Å². The van der Waals surface area contributed by atoms with Gasteiger partial charge in [-0.15, -0.1) is 0 Å². The van der Waals surface area contributed by atoms with Crippen LogP contribution in [0.1, 0.15) is 21.8 Å². The minimum atomic E-state index is -0.754. The predicted molar refractivity (Wildman–Crippen MR) is 115 cm³/mol. The zero-order valence-corrected chi connectivity index (χ0v) is 17.1. The Bertz CT molecular complexity index is 1200. The number of methoxy groups -OCH3 is 1. The number of ether oxygens (including phenoxy) is 2. The fraction of sp³-hybridized carbons (Fsp3) is 0.125. The summed E-state index contributed by atoms with van der Waals surface area (Å²) in [6.45, 7) is 1.97. The van der Waals surface area contributed by atoms with E-state index >= 15 is 0 Å². The zero-order chi connectivity index (χ0) is 21.8. The minimum Gasteiger partial charge on any atom is -0.484 e. The molecule has 3 aromatic carbocycles. The fourth-order valence-corrected chi connectivity index (χ4v) is 3.15. The molecule has 0 aliphatic carbocycles. The molecule has 31 heavy (non-hydrogen) atoms. The Morgan fingerprint density at radius 3 is 2.39 bits per heavy atom. The van der Waals surface area contributed by atoms with Crippen molar-refractivity contribution in [2.24, 2.45) is 0 Å². The van der Waals surface area contributed by atoms with Crippen molar-refractivity contribution in [2.75, 3.05) is 12.0 Å². The number of oxazole rings is 1. The molecule has 7 nitrogen and oxygen atoms in total. The fourth-order valence-electron chi connectivity index (χ4n) is 3.15. The molecule has 0 aliphatic heterocycles. The maximum absolute atomic E-state index is 13.0. The SMILES string of the molecule is COC(=O)N(C(=O)c1ccc(OCc2nc3ccccc3o2)cc1)c1ccccc1C. The number of aromatic nitrogens is 1. The molecule has 4 aromatic rings. The number of carbonyl (C=O) groups excluding carboxylic acids is 2. The van der Waals surface area contributed by atoms with E-state index in [0.29, 0.717) is 28.5 Å². The summed E-state index contributed by atoms with van der Waals surface area (Å²) < 4.78 is 16.2. The van der Waals surface area contributed by atoms with Crippen molar-refractivity contribution < 1.29 is 23.5 Å². The first-order valence-electron chi connectivity index (χ1n) is 9.62. The molecular weight excluding hydrogens is 396 g/mol. The van der Waals surface area contributed by atoms with Gasteiger partial charge in [0.1, 0.15) is 11.3 Å². The van der Waals surface area contributed by atoms with E-state index in [1.54, 1.807) is 36.4 Å². The summed E-state index contributed by atoms with van der Waals surface area (Å²) in [5.41, 5.74) is 3.03. The molecule has 0 bridgehead atoms. The highest BCUT2D eigenvalue weighted by Crippen LogP contribution is 2.24. The number of aryl methyl sites for hydroxylation is 1. The average molecular weight is 416 g/mol. The number of para-hydroxylation sites is 3. The van der Waals surface area contributed by atoms with E-state index in [1.807, 2.05) is 43.3 Å². The second-order valence-corrected chi connectivity index (χ2v) is 6.79. The number of amides is 2. The summed E-state index contributed by atoms with van der Waals surface area (Å²) >= 11 is 0. The highest BCUT2D eigenvalue weighted by molar-refractivity contribution is 6.19. The monoisotopic (exact) mass is 416 g/mol. The molecule has 0 atom stereocenters. The largest absolute Gasteiger partial charge is 0.484 e. The van der Waals surface area contributed by atoms with Crippen molar-refractivity contribution in [1.82, 2.24) is 4.98 Å². The molecule has 7 heteroatoms. The Kier molecular flexibility index (Phi) is 5.66. The van der Waals surface area contributed by atoms with E-state index in [9.17, 15) is 9.59 Å². The number of nitrogens with zero attached hydrogens (tertiary/aromatic N) is 2. The van der Waals surface area contributed by atoms with Crippen LogP contribution in [0.3, 0.4) is 0 Å². The molecular formula is C24H20N2O5. The molecule has 4 rings (SSSR count). The van der Waals surface area contributed by atoms with Gasteiger partial charge in [0.05, 0.1) is 12.8 Å². The molecule has 0 fully saturated rings. The Hall–Kier alpha value is -4.13. The van der Waals surface area contributed by atoms with Gasteiger partial charge in [0, 0.05) is 5.56 Å². The summed E-state index contributed by atoms with van der Waals surface area (Å²) in [5.74, 6) is 0.503. The van der Waals surface area contributed by atoms with E-state index in [2.05, 4.69) is 4.98 Å². The van der Waals surface area contributed by atoms with Gasteiger partial charge >= 0.3 is 6.09 Å². The van der Waals surface area contributed by atoms with Gasteiger partial charge in [-0.05, 0) is 55.0 Å². The Morgan fingerprint density at radius 2 is 1.68 bits per heavy atom. The van der Waals surface area contributed by atoms with Crippen LogP contribution in [0.25, 0.3) is 11.1 Å². The second-order valence-electron chi connectivity index (χ2n) is 6.79. The van der Waals surface area contributed by atoms with Gasteiger partial charge in [0.2, 0.25) is 5.89 Å². The molecule has 156 valence electrons. The van der Waals surface area contributed by atoms with E-state index in [1.165, 1.54) is 7.11 Å². The molecule has 1 aromatic heterocycles. The van der Waals surface area contributed by atoms with Gasteiger partial charge in [0.15, 0.2) is 12.2 Å². The molecule has 0 aliphatic rings. The summed E-state index contributed by atoms with van der Waals surface area (Å²) in [5, 5.41) is 0. The lowest BCUT2D eigenvalue weighted by Crippen LogP contribution is -2.37. The van der Waals surface area contributed by atoms with Crippen molar-refractivity contribution in [2.45, 2.75) is 13.5 Å². The topological polar surface area (TPSA) is 81.9 Å². The first kappa shape index (κ1) is 20.2. The third-order valence-corrected chi connectivity index (χ3v) is 4.72. The van der Waals surface area contributed by atoms with Crippen LogP contribution in [0, 0.1) is 6.92 Å². The summed E-state index contributed by atoms with van der Waals surface area (Å²) in [6.07, 6.45) is -0.754. The lowest BCUT2D eigenvalue weighted by atomic mass is 10.1. The lowest BCUT2D eigenvalue weighted by Gasteiger charge is -2.21. The van der Waals surface area contributed by atoms with Crippen LogP contribution in [-0.2, 0) is 11.3 Å². The highest BCUT2D eigenvalue weighted by Gasteiger charge is 2.26. The highest BCUT2D eigenvalue weighted by atomic mass is 16.5. The van der Waals surface area contributed by atoms with Gasteiger partial charge in [-0.3, -0.25) is 4.79 Å². The Balaban J connectivity index is 1.50. The molecule has 0 radical (unpaired) electrons.